The lowest BCUT2D eigenvalue weighted by atomic mass is 10.0. The molecule has 260 valence electrons. The van der Waals surface area contributed by atoms with Gasteiger partial charge in [-0.1, -0.05) is 41.4 Å². The Kier molecular flexibility index (Phi) is 11.1. The average Bonchev–Trinajstić information content (AvgIpc) is 3.92. The van der Waals surface area contributed by atoms with E-state index < -0.39 is 36.5 Å². The second-order valence-electron chi connectivity index (χ2n) is 11.9. The number of carbonyl (C=O) groups is 1. The van der Waals surface area contributed by atoms with Crippen molar-refractivity contribution in [3.8, 4) is 11.5 Å². The summed E-state index contributed by atoms with van der Waals surface area (Å²) in [5.41, 5.74) is -0.0625. The van der Waals surface area contributed by atoms with Crippen molar-refractivity contribution < 1.29 is 32.5 Å². The van der Waals surface area contributed by atoms with Crippen molar-refractivity contribution >= 4 is 40.1 Å². The standard InChI is InChI=1S/C34H34Cl2F2N4O7/c35-25-17-39-18-26(36)24(25)16-29(22-7-8-28(49-33(37)38)30(15-22)47-20-21-5-6-21)48-31(43)19-42-32(44)23-3-1-2-4-27(23)41(34(42)45)10-9-40-11-13-46-14-12-40/h1-4,7-8,15,17-18,21,29,33H,5-6,9-14,16,19-20H2/t29-/m0/s1. The van der Waals surface area contributed by atoms with Crippen molar-refractivity contribution in [2.24, 2.45) is 5.92 Å². The van der Waals surface area contributed by atoms with Gasteiger partial charge in [-0.25, -0.2) is 9.36 Å². The van der Waals surface area contributed by atoms with Crippen molar-refractivity contribution in [3.63, 3.8) is 0 Å². The SMILES string of the molecule is O=C(Cn1c(=O)c2ccccc2n(CCN2CCOCC2)c1=O)O[C@@H](Cc1c(Cl)cncc1Cl)c1ccc(OC(F)F)c(OCC2CC2)c1. The van der Waals surface area contributed by atoms with E-state index in [0.29, 0.717) is 62.0 Å². The van der Waals surface area contributed by atoms with Gasteiger partial charge in [-0.3, -0.25) is 24.0 Å². The molecule has 2 fully saturated rings. The fraction of sp³-hybridized carbons (Fsp3) is 0.412. The Hall–Kier alpha value is -4.04. The summed E-state index contributed by atoms with van der Waals surface area (Å²) >= 11 is 12.8. The molecule has 11 nitrogen and oxygen atoms in total. The molecule has 1 saturated carbocycles. The first-order valence-electron chi connectivity index (χ1n) is 15.9. The number of morpholine rings is 1. The van der Waals surface area contributed by atoms with E-state index >= 15 is 0 Å². The third-order valence-corrected chi connectivity index (χ3v) is 9.16. The molecule has 2 aromatic carbocycles. The summed E-state index contributed by atoms with van der Waals surface area (Å²) in [6.45, 7) is -0.0284. The monoisotopic (exact) mass is 718 g/mol. The van der Waals surface area contributed by atoms with Gasteiger partial charge < -0.3 is 18.9 Å². The van der Waals surface area contributed by atoms with Crippen LogP contribution in [-0.4, -0.2) is 71.1 Å². The summed E-state index contributed by atoms with van der Waals surface area (Å²) < 4.78 is 50.7. The number of halogens is 4. The highest BCUT2D eigenvalue weighted by Gasteiger charge is 2.27. The number of hydrogen-bond acceptors (Lipinski definition) is 9. The topological polar surface area (TPSA) is 114 Å². The maximum Gasteiger partial charge on any atom is 0.387 e. The molecular formula is C34H34Cl2F2N4O7. The Balaban J connectivity index is 1.31. The van der Waals surface area contributed by atoms with Gasteiger partial charge in [-0.15, -0.1) is 0 Å². The smallest absolute Gasteiger partial charge is 0.387 e. The van der Waals surface area contributed by atoms with Crippen LogP contribution in [-0.2, 0) is 33.8 Å². The minimum absolute atomic E-state index is 0.0422. The average molecular weight is 720 g/mol. The number of carbonyl (C=O) groups excluding carboxylic acids is 1. The molecule has 0 N–H and O–H groups in total. The first kappa shape index (κ1) is 34.8. The molecule has 15 heteroatoms. The van der Waals surface area contributed by atoms with Crippen LogP contribution in [0.3, 0.4) is 0 Å². The van der Waals surface area contributed by atoms with Gasteiger partial charge in [0.05, 0.1) is 40.8 Å². The number of esters is 1. The number of hydrogen-bond donors (Lipinski definition) is 0. The van der Waals surface area contributed by atoms with E-state index in [9.17, 15) is 23.2 Å². The largest absolute Gasteiger partial charge is 0.489 e. The number of rotatable bonds is 14. The molecule has 49 heavy (non-hydrogen) atoms. The van der Waals surface area contributed by atoms with Crippen LogP contribution < -0.4 is 20.7 Å². The highest BCUT2D eigenvalue weighted by atomic mass is 35.5. The molecule has 0 amide bonds. The summed E-state index contributed by atoms with van der Waals surface area (Å²) in [7, 11) is 0. The molecule has 2 aromatic heterocycles. The fourth-order valence-electron chi connectivity index (χ4n) is 5.69. The van der Waals surface area contributed by atoms with Crippen LogP contribution in [0.5, 0.6) is 11.5 Å². The summed E-state index contributed by atoms with van der Waals surface area (Å²) in [4.78, 5) is 47.1. The normalized spacial score (nSPS) is 15.8. The molecule has 1 aliphatic carbocycles. The van der Waals surface area contributed by atoms with Gasteiger partial charge in [-0.2, -0.15) is 8.78 Å². The number of alkyl halides is 2. The number of ether oxygens (including phenoxy) is 4. The van der Waals surface area contributed by atoms with Crippen molar-refractivity contribution in [2.75, 3.05) is 39.5 Å². The molecule has 6 rings (SSSR count). The summed E-state index contributed by atoms with van der Waals surface area (Å²) in [6, 6.07) is 11.0. The molecule has 0 radical (unpaired) electrons. The Morgan fingerprint density at radius 1 is 0.980 bits per heavy atom. The van der Waals surface area contributed by atoms with Gasteiger partial charge in [0.1, 0.15) is 12.6 Å². The minimum Gasteiger partial charge on any atom is -0.489 e. The van der Waals surface area contributed by atoms with Crippen LogP contribution in [0.1, 0.15) is 30.1 Å². The number of fused-ring (bicyclic) bond motifs is 1. The second kappa shape index (κ2) is 15.7. The zero-order valence-corrected chi connectivity index (χ0v) is 27.9. The maximum atomic E-state index is 13.8. The Bertz CT molecular complexity index is 1910. The Morgan fingerprint density at radius 3 is 2.43 bits per heavy atom. The van der Waals surface area contributed by atoms with Crippen LogP contribution in [0, 0.1) is 5.92 Å². The van der Waals surface area contributed by atoms with Crippen LogP contribution >= 0.6 is 23.2 Å². The first-order valence-corrected chi connectivity index (χ1v) is 16.6. The second-order valence-corrected chi connectivity index (χ2v) is 12.7. The predicted octanol–water partition coefficient (Wildman–Crippen LogP) is 5.11. The molecule has 4 aromatic rings. The summed E-state index contributed by atoms with van der Waals surface area (Å²) in [6.07, 6.45) is 3.58. The van der Waals surface area contributed by atoms with Gasteiger partial charge in [0, 0.05) is 45.0 Å². The van der Waals surface area contributed by atoms with Gasteiger partial charge >= 0.3 is 18.3 Å². The lowest BCUT2D eigenvalue weighted by Gasteiger charge is -2.27. The lowest BCUT2D eigenvalue weighted by molar-refractivity contribution is -0.150. The molecule has 1 aliphatic heterocycles. The van der Waals surface area contributed by atoms with Gasteiger partial charge in [-0.05, 0) is 54.2 Å². The number of aromatic nitrogens is 3. The molecule has 1 saturated heterocycles. The van der Waals surface area contributed by atoms with E-state index in [1.807, 2.05) is 0 Å². The van der Waals surface area contributed by atoms with E-state index in [1.54, 1.807) is 24.3 Å². The number of para-hydroxylation sites is 1. The molecule has 0 bridgehead atoms. The summed E-state index contributed by atoms with van der Waals surface area (Å²) in [5.74, 6) is -0.713. The van der Waals surface area contributed by atoms with Crippen molar-refractivity contribution in [2.45, 2.75) is 45.1 Å². The van der Waals surface area contributed by atoms with E-state index in [1.165, 1.54) is 35.2 Å². The van der Waals surface area contributed by atoms with E-state index in [-0.39, 0.29) is 39.9 Å². The van der Waals surface area contributed by atoms with Crippen LogP contribution in [0.4, 0.5) is 8.78 Å². The molecule has 3 heterocycles. The molecule has 0 unspecified atom stereocenters. The van der Waals surface area contributed by atoms with Gasteiger partial charge in [0.15, 0.2) is 11.5 Å². The molecular weight excluding hydrogens is 685 g/mol. The van der Waals surface area contributed by atoms with Crippen LogP contribution in [0.15, 0.2) is 64.4 Å². The lowest BCUT2D eigenvalue weighted by Crippen LogP contribution is -2.44. The van der Waals surface area contributed by atoms with E-state index in [2.05, 4.69) is 14.6 Å². The third kappa shape index (κ3) is 8.58. The van der Waals surface area contributed by atoms with Gasteiger partial charge in [0.25, 0.3) is 5.56 Å². The van der Waals surface area contributed by atoms with Crippen molar-refractivity contribution in [1.82, 2.24) is 19.0 Å². The molecule has 0 spiro atoms. The van der Waals surface area contributed by atoms with Crippen molar-refractivity contribution in [3.05, 3.63) is 96.9 Å². The van der Waals surface area contributed by atoms with Crippen molar-refractivity contribution in [1.29, 1.82) is 0 Å². The zero-order valence-electron chi connectivity index (χ0n) is 26.4. The highest BCUT2D eigenvalue weighted by molar-refractivity contribution is 6.35. The van der Waals surface area contributed by atoms with Crippen LogP contribution in [0.2, 0.25) is 10.0 Å². The highest BCUT2D eigenvalue weighted by Crippen LogP contribution is 2.38. The summed E-state index contributed by atoms with van der Waals surface area (Å²) in [5, 5.41) is 0.700. The maximum absolute atomic E-state index is 13.8. The fourth-order valence-corrected chi connectivity index (χ4v) is 6.21. The van der Waals surface area contributed by atoms with E-state index in [4.69, 9.17) is 37.4 Å². The predicted molar refractivity (Wildman–Crippen MR) is 178 cm³/mol. The minimum atomic E-state index is -3.09. The van der Waals surface area contributed by atoms with Crippen LogP contribution in [0.25, 0.3) is 10.9 Å². The molecule has 2 aliphatic rings. The zero-order chi connectivity index (χ0) is 34.5. The third-order valence-electron chi connectivity index (χ3n) is 8.51. The number of pyridine rings is 1. The Morgan fingerprint density at radius 2 is 1.71 bits per heavy atom. The first-order chi connectivity index (χ1) is 23.7. The number of nitrogens with zero attached hydrogens (tertiary/aromatic N) is 4. The van der Waals surface area contributed by atoms with Gasteiger partial charge in [0.2, 0.25) is 0 Å². The van der Waals surface area contributed by atoms with E-state index in [0.717, 1.165) is 17.4 Å². The Labute approximate surface area is 289 Å². The molecule has 1 atom stereocenters. The quantitative estimate of drug-likeness (QED) is 0.164. The number of benzene rings is 2.